The number of nitrogens with zero attached hydrogens (tertiary/aromatic N) is 1. The minimum absolute atomic E-state index is 0.0597. The van der Waals surface area contributed by atoms with Gasteiger partial charge in [-0.2, -0.15) is 0 Å². The molecule has 27 heavy (non-hydrogen) atoms. The van der Waals surface area contributed by atoms with E-state index in [1.54, 1.807) is 18.3 Å². The van der Waals surface area contributed by atoms with E-state index < -0.39 is 5.54 Å². The van der Waals surface area contributed by atoms with E-state index in [4.69, 9.17) is 0 Å². The van der Waals surface area contributed by atoms with Gasteiger partial charge < -0.3 is 5.11 Å². The van der Waals surface area contributed by atoms with Crippen LogP contribution in [0, 0.1) is 5.82 Å². The van der Waals surface area contributed by atoms with Crippen molar-refractivity contribution in [1.29, 1.82) is 0 Å². The second-order valence-corrected chi connectivity index (χ2v) is 6.71. The zero-order valence-electron chi connectivity index (χ0n) is 15.5. The number of hydrogen-bond acceptors (Lipinski definition) is 3. The topological polar surface area (TPSA) is 45.1 Å². The van der Waals surface area contributed by atoms with Crippen molar-refractivity contribution in [3.8, 4) is 0 Å². The lowest BCUT2D eigenvalue weighted by atomic mass is 9.83. The molecule has 0 fully saturated rings. The summed E-state index contributed by atoms with van der Waals surface area (Å²) in [4.78, 5) is 4.56. The summed E-state index contributed by atoms with van der Waals surface area (Å²) in [5, 5.41) is 13.6. The molecule has 0 saturated heterocycles. The van der Waals surface area contributed by atoms with Crippen molar-refractivity contribution in [3.05, 3.63) is 102 Å². The highest BCUT2D eigenvalue weighted by Crippen LogP contribution is 2.32. The van der Waals surface area contributed by atoms with E-state index in [2.05, 4.69) is 17.2 Å². The van der Waals surface area contributed by atoms with Crippen LogP contribution in [-0.2, 0) is 12.0 Å². The van der Waals surface area contributed by atoms with Crippen LogP contribution < -0.4 is 5.32 Å². The summed E-state index contributed by atoms with van der Waals surface area (Å²) in [6.45, 7) is 2.00. The van der Waals surface area contributed by atoms with Crippen LogP contribution in [0.5, 0.6) is 0 Å². The van der Waals surface area contributed by atoms with Gasteiger partial charge in [-0.15, -0.1) is 0 Å². The van der Waals surface area contributed by atoms with Crippen LogP contribution in [-0.4, -0.2) is 16.7 Å². The van der Waals surface area contributed by atoms with Gasteiger partial charge in [0.1, 0.15) is 5.82 Å². The Labute approximate surface area is 159 Å². The van der Waals surface area contributed by atoms with Crippen molar-refractivity contribution >= 4 is 0 Å². The van der Waals surface area contributed by atoms with Crippen LogP contribution >= 0.6 is 0 Å². The van der Waals surface area contributed by atoms with Crippen molar-refractivity contribution in [2.24, 2.45) is 0 Å². The van der Waals surface area contributed by atoms with Gasteiger partial charge in [0.05, 0.1) is 23.9 Å². The van der Waals surface area contributed by atoms with E-state index >= 15 is 0 Å². The number of halogens is 1. The van der Waals surface area contributed by atoms with Crippen LogP contribution in [0.3, 0.4) is 0 Å². The average Bonchev–Trinajstić information content (AvgIpc) is 2.74. The van der Waals surface area contributed by atoms with Gasteiger partial charge in [0.2, 0.25) is 0 Å². The average molecular weight is 364 g/mol. The van der Waals surface area contributed by atoms with Crippen LogP contribution in [0.4, 0.5) is 4.39 Å². The fourth-order valence-corrected chi connectivity index (χ4v) is 3.49. The predicted molar refractivity (Wildman–Crippen MR) is 106 cm³/mol. The number of aliphatic hydroxyl groups excluding tert-OH is 1. The van der Waals surface area contributed by atoms with Crippen molar-refractivity contribution < 1.29 is 9.50 Å². The Bertz CT molecular complexity index is 841. The van der Waals surface area contributed by atoms with Gasteiger partial charge in [0, 0.05) is 6.20 Å². The SMILES string of the molecule is CC[C@@](Cc1ccccc1F)(N[C@H](CO)c1ccccc1)c1ccccn1. The molecule has 3 nitrogen and oxygen atoms in total. The summed E-state index contributed by atoms with van der Waals surface area (Å²) in [7, 11) is 0. The highest BCUT2D eigenvalue weighted by molar-refractivity contribution is 5.27. The highest BCUT2D eigenvalue weighted by Gasteiger charge is 2.35. The number of nitrogens with one attached hydrogen (secondary N) is 1. The minimum Gasteiger partial charge on any atom is -0.394 e. The van der Waals surface area contributed by atoms with Gasteiger partial charge in [0.15, 0.2) is 0 Å². The lowest BCUT2D eigenvalue weighted by molar-refractivity contribution is 0.188. The third-order valence-electron chi connectivity index (χ3n) is 5.04. The lowest BCUT2D eigenvalue weighted by Crippen LogP contribution is -2.47. The van der Waals surface area contributed by atoms with E-state index in [0.29, 0.717) is 18.4 Å². The number of pyridine rings is 1. The molecule has 0 unspecified atom stereocenters. The maximum Gasteiger partial charge on any atom is 0.126 e. The summed E-state index contributed by atoms with van der Waals surface area (Å²) < 4.78 is 14.4. The molecule has 0 aliphatic heterocycles. The van der Waals surface area contributed by atoms with Crippen LogP contribution in [0.1, 0.15) is 36.2 Å². The summed E-state index contributed by atoms with van der Waals surface area (Å²) in [6.07, 6.45) is 2.89. The van der Waals surface area contributed by atoms with Crippen molar-refractivity contribution in [2.75, 3.05) is 6.61 Å². The summed E-state index contributed by atoms with van der Waals surface area (Å²) in [5.74, 6) is -0.228. The highest BCUT2D eigenvalue weighted by atomic mass is 19.1. The van der Waals surface area contributed by atoms with Gasteiger partial charge in [0.25, 0.3) is 0 Å². The number of rotatable bonds is 8. The molecule has 1 aromatic heterocycles. The monoisotopic (exact) mass is 364 g/mol. The molecule has 2 N–H and O–H groups in total. The first-order valence-electron chi connectivity index (χ1n) is 9.27. The van der Waals surface area contributed by atoms with Gasteiger partial charge in [-0.25, -0.2) is 4.39 Å². The van der Waals surface area contributed by atoms with E-state index in [0.717, 1.165) is 11.3 Å². The predicted octanol–water partition coefficient (Wildman–Crippen LogP) is 4.39. The zero-order valence-corrected chi connectivity index (χ0v) is 15.5. The van der Waals surface area contributed by atoms with E-state index in [1.165, 1.54) is 6.07 Å². The Morgan fingerprint density at radius 1 is 1.00 bits per heavy atom. The molecule has 0 amide bonds. The molecule has 3 aromatic rings. The molecule has 4 heteroatoms. The van der Waals surface area contributed by atoms with E-state index in [-0.39, 0.29) is 18.5 Å². The van der Waals surface area contributed by atoms with Gasteiger partial charge in [-0.3, -0.25) is 10.3 Å². The quantitative estimate of drug-likeness (QED) is 0.623. The molecule has 0 bridgehead atoms. The smallest absolute Gasteiger partial charge is 0.126 e. The number of aromatic nitrogens is 1. The molecule has 0 aliphatic rings. The standard InChI is InChI=1S/C23H25FN2O/c1-2-23(22-14-8-9-15-25-22,16-19-12-6-7-13-20(19)24)26-21(17-27)18-10-4-3-5-11-18/h3-15,21,26-27H,2,16-17H2,1H3/t21-,23+/m1/s1. The van der Waals surface area contributed by atoms with Crippen LogP contribution in [0.25, 0.3) is 0 Å². The fourth-order valence-electron chi connectivity index (χ4n) is 3.49. The third kappa shape index (κ3) is 4.41. The van der Waals surface area contributed by atoms with Crippen molar-refractivity contribution in [1.82, 2.24) is 10.3 Å². The van der Waals surface area contributed by atoms with Crippen molar-refractivity contribution in [2.45, 2.75) is 31.3 Å². The van der Waals surface area contributed by atoms with E-state index in [1.807, 2.05) is 54.6 Å². The molecule has 140 valence electrons. The normalized spacial score (nSPS) is 14.5. The Morgan fingerprint density at radius 3 is 2.33 bits per heavy atom. The van der Waals surface area contributed by atoms with Gasteiger partial charge in [-0.1, -0.05) is 61.5 Å². The Hall–Kier alpha value is -2.56. The minimum atomic E-state index is -0.604. The third-order valence-corrected chi connectivity index (χ3v) is 5.04. The Kier molecular flexibility index (Phi) is 6.32. The second kappa shape index (κ2) is 8.89. The summed E-state index contributed by atoms with van der Waals surface area (Å²) in [6, 6.07) is 22.1. The Morgan fingerprint density at radius 2 is 1.70 bits per heavy atom. The molecule has 2 aromatic carbocycles. The van der Waals surface area contributed by atoms with Gasteiger partial charge >= 0.3 is 0 Å². The molecule has 0 aliphatic carbocycles. The lowest BCUT2D eigenvalue weighted by Gasteiger charge is -2.37. The molecule has 2 atom stereocenters. The number of aliphatic hydroxyl groups is 1. The molecule has 1 heterocycles. The van der Waals surface area contributed by atoms with Crippen LogP contribution in [0.2, 0.25) is 0 Å². The second-order valence-electron chi connectivity index (χ2n) is 6.71. The summed E-state index contributed by atoms with van der Waals surface area (Å²) in [5.41, 5.74) is 1.85. The molecular weight excluding hydrogens is 339 g/mol. The largest absolute Gasteiger partial charge is 0.394 e. The van der Waals surface area contributed by atoms with Gasteiger partial charge in [-0.05, 0) is 42.2 Å². The zero-order chi connectivity index (χ0) is 19.1. The molecule has 0 saturated carbocycles. The first-order chi connectivity index (χ1) is 13.2. The van der Waals surface area contributed by atoms with Crippen molar-refractivity contribution in [3.63, 3.8) is 0 Å². The first-order valence-corrected chi connectivity index (χ1v) is 9.27. The maximum absolute atomic E-state index is 14.4. The van der Waals surface area contributed by atoms with Crippen LogP contribution in [0.15, 0.2) is 79.0 Å². The maximum atomic E-state index is 14.4. The fraction of sp³-hybridized carbons (Fsp3) is 0.261. The summed E-state index contributed by atoms with van der Waals surface area (Å²) >= 11 is 0. The Balaban J connectivity index is 2.02. The van der Waals surface area contributed by atoms with E-state index in [9.17, 15) is 9.50 Å². The molecular formula is C23H25FN2O. The molecule has 0 radical (unpaired) electrons. The number of hydrogen-bond donors (Lipinski definition) is 2. The number of benzene rings is 2. The first kappa shape index (κ1) is 19.2. The molecule has 0 spiro atoms. The molecule has 3 rings (SSSR count).